The molecule has 5 nitrogen and oxygen atoms in total. The van der Waals surface area contributed by atoms with Crippen molar-refractivity contribution in [3.8, 4) is 16.9 Å². The zero-order chi connectivity index (χ0) is 24.7. The van der Waals surface area contributed by atoms with Crippen molar-refractivity contribution in [2.45, 2.75) is 50.2 Å². The molecule has 34 heavy (non-hydrogen) atoms. The van der Waals surface area contributed by atoms with Gasteiger partial charge in [-0.05, 0) is 87.2 Å². The smallest absolute Gasteiger partial charge is 0.264 e. The van der Waals surface area contributed by atoms with Gasteiger partial charge in [-0.15, -0.1) is 0 Å². The van der Waals surface area contributed by atoms with E-state index in [1.165, 1.54) is 16.4 Å². The summed E-state index contributed by atoms with van der Waals surface area (Å²) < 4.78 is 63.0. The maximum absolute atomic E-state index is 14.4. The van der Waals surface area contributed by atoms with Crippen molar-refractivity contribution in [3.63, 3.8) is 0 Å². The van der Waals surface area contributed by atoms with Crippen LogP contribution in [0.2, 0.25) is 0 Å². The number of fused-ring (bicyclic) bond motifs is 1. The molecule has 3 aromatic carbocycles. The lowest BCUT2D eigenvalue weighted by molar-refractivity contribution is 0.0534. The third-order valence-electron chi connectivity index (χ3n) is 5.79. The minimum Gasteiger partial charge on any atom is -0.486 e. The monoisotopic (exact) mass is 487 g/mol. The highest BCUT2D eigenvalue weighted by molar-refractivity contribution is 7.92. The largest absolute Gasteiger partial charge is 0.486 e. The highest BCUT2D eigenvalue weighted by Crippen LogP contribution is 2.41. The van der Waals surface area contributed by atoms with Crippen LogP contribution in [0.1, 0.15) is 32.3 Å². The molecule has 180 valence electrons. The Bertz CT molecular complexity index is 1320. The van der Waals surface area contributed by atoms with E-state index in [4.69, 9.17) is 4.74 Å². The number of anilines is 1. The number of rotatable bonds is 6. The summed E-state index contributed by atoms with van der Waals surface area (Å²) in [6.07, 6.45) is 0.358. The van der Waals surface area contributed by atoms with E-state index in [0.717, 1.165) is 23.8 Å². The molecule has 8 heteroatoms. The number of nitrogens with zero attached hydrogens (tertiary/aromatic N) is 1. The highest BCUT2D eigenvalue weighted by Gasteiger charge is 2.35. The molecule has 0 aromatic heterocycles. The second-order valence-electron chi connectivity index (χ2n) is 9.25. The Labute approximate surface area is 198 Å². The lowest BCUT2D eigenvalue weighted by atomic mass is 9.99. The van der Waals surface area contributed by atoms with E-state index in [1.807, 2.05) is 13.0 Å². The quantitative estimate of drug-likeness (QED) is 0.502. The second-order valence-corrected chi connectivity index (χ2v) is 11.1. The summed E-state index contributed by atoms with van der Waals surface area (Å²) in [5.74, 6) is -0.890. The van der Waals surface area contributed by atoms with E-state index in [-0.39, 0.29) is 22.7 Å². The van der Waals surface area contributed by atoms with Crippen LogP contribution in [0.15, 0.2) is 65.6 Å². The summed E-state index contributed by atoms with van der Waals surface area (Å²) in [5.41, 5.74) is 0.479. The maximum atomic E-state index is 14.4. The Morgan fingerprint density at radius 2 is 1.85 bits per heavy atom. The topological polar surface area (TPSA) is 66.8 Å². The molecule has 0 unspecified atom stereocenters. The van der Waals surface area contributed by atoms with E-state index in [9.17, 15) is 22.3 Å². The van der Waals surface area contributed by atoms with Gasteiger partial charge >= 0.3 is 0 Å². The molecule has 0 saturated heterocycles. The van der Waals surface area contributed by atoms with Crippen LogP contribution in [0.4, 0.5) is 14.5 Å². The Morgan fingerprint density at radius 3 is 2.56 bits per heavy atom. The van der Waals surface area contributed by atoms with E-state index in [2.05, 4.69) is 0 Å². The summed E-state index contributed by atoms with van der Waals surface area (Å²) >= 11 is 0. The van der Waals surface area contributed by atoms with Crippen molar-refractivity contribution < 1.29 is 27.0 Å². The van der Waals surface area contributed by atoms with E-state index < -0.39 is 33.4 Å². The third-order valence-corrected chi connectivity index (χ3v) is 7.56. The Kier molecular flexibility index (Phi) is 6.40. The van der Waals surface area contributed by atoms with Gasteiger partial charge in [0.15, 0.2) is 0 Å². The fourth-order valence-corrected chi connectivity index (χ4v) is 5.60. The van der Waals surface area contributed by atoms with Crippen molar-refractivity contribution >= 4 is 15.7 Å². The lowest BCUT2D eigenvalue weighted by Crippen LogP contribution is -2.44. The fraction of sp³-hybridized carbons (Fsp3) is 0.308. The molecule has 0 amide bonds. The SMILES string of the molecule is Cc1cccc(S(=O)(=O)N2C[C@H](CCC(C)(C)O)Oc3ccc(-c4cc(F)ccc4F)cc32)c1. The van der Waals surface area contributed by atoms with Gasteiger partial charge in [0, 0.05) is 5.56 Å². The van der Waals surface area contributed by atoms with Crippen LogP contribution >= 0.6 is 0 Å². The standard InChI is InChI=1S/C26H27F2NO4S/c1-17-5-4-6-21(13-17)34(31,32)29-16-20(11-12-26(2,3)30)33-25-10-7-18(14-24(25)29)22-15-19(27)8-9-23(22)28/h4-10,13-15,20,30H,11-12,16H2,1-3H3/t20-/m0/s1. The van der Waals surface area contributed by atoms with Gasteiger partial charge in [-0.1, -0.05) is 18.2 Å². The van der Waals surface area contributed by atoms with E-state index >= 15 is 0 Å². The van der Waals surface area contributed by atoms with Crippen LogP contribution in [0, 0.1) is 18.6 Å². The molecule has 0 aliphatic carbocycles. The molecule has 0 bridgehead atoms. The van der Waals surface area contributed by atoms with Gasteiger partial charge in [0.2, 0.25) is 0 Å². The number of benzene rings is 3. The van der Waals surface area contributed by atoms with Crippen LogP contribution in [0.5, 0.6) is 5.75 Å². The van der Waals surface area contributed by atoms with Gasteiger partial charge in [0.25, 0.3) is 10.0 Å². The van der Waals surface area contributed by atoms with Crippen LogP contribution in [0.25, 0.3) is 11.1 Å². The molecule has 1 aliphatic heterocycles. The normalized spacial score (nSPS) is 16.2. The molecular weight excluding hydrogens is 460 g/mol. The first kappa shape index (κ1) is 24.2. The average molecular weight is 488 g/mol. The number of sulfonamides is 1. The Balaban J connectivity index is 1.81. The lowest BCUT2D eigenvalue weighted by Gasteiger charge is -2.36. The van der Waals surface area contributed by atoms with Crippen LogP contribution < -0.4 is 9.04 Å². The minimum absolute atomic E-state index is 0.0223. The average Bonchev–Trinajstić information content (AvgIpc) is 2.78. The number of hydrogen-bond acceptors (Lipinski definition) is 4. The first-order valence-electron chi connectivity index (χ1n) is 11.0. The maximum Gasteiger partial charge on any atom is 0.264 e. The molecule has 0 fully saturated rings. The van der Waals surface area contributed by atoms with E-state index in [1.54, 1.807) is 38.1 Å². The number of hydrogen-bond donors (Lipinski definition) is 1. The predicted octanol–water partition coefficient (Wildman–Crippen LogP) is 5.45. The summed E-state index contributed by atoms with van der Waals surface area (Å²) in [5, 5.41) is 10.1. The fourth-order valence-electron chi connectivity index (χ4n) is 3.99. The minimum atomic E-state index is -3.98. The molecular formula is C26H27F2NO4S. The number of aryl methyl sites for hydroxylation is 1. The summed E-state index contributed by atoms with van der Waals surface area (Å²) in [4.78, 5) is 0.129. The molecule has 0 saturated carbocycles. The van der Waals surface area contributed by atoms with Crippen LogP contribution in [0.3, 0.4) is 0 Å². The second kappa shape index (κ2) is 9.00. The van der Waals surface area contributed by atoms with E-state index in [0.29, 0.717) is 24.2 Å². The third kappa shape index (κ3) is 5.08. The molecule has 0 spiro atoms. The van der Waals surface area contributed by atoms with Gasteiger partial charge in [0.1, 0.15) is 23.5 Å². The van der Waals surface area contributed by atoms with Gasteiger partial charge in [0.05, 0.1) is 22.7 Å². The first-order valence-corrected chi connectivity index (χ1v) is 12.5. The predicted molar refractivity (Wildman–Crippen MR) is 127 cm³/mol. The molecule has 0 radical (unpaired) electrons. The summed E-state index contributed by atoms with van der Waals surface area (Å²) in [6.45, 7) is 5.20. The van der Waals surface area contributed by atoms with Crippen LogP contribution in [-0.4, -0.2) is 31.8 Å². The molecule has 4 rings (SSSR count). The number of ether oxygens (including phenoxy) is 1. The molecule has 1 atom stereocenters. The van der Waals surface area contributed by atoms with Crippen molar-refractivity contribution in [1.82, 2.24) is 0 Å². The first-order chi connectivity index (χ1) is 15.9. The molecule has 1 N–H and O–H groups in total. The zero-order valence-corrected chi connectivity index (χ0v) is 20.1. The van der Waals surface area contributed by atoms with Crippen LogP contribution in [-0.2, 0) is 10.0 Å². The molecule has 1 aliphatic rings. The van der Waals surface area contributed by atoms with Gasteiger partial charge in [-0.3, -0.25) is 4.31 Å². The van der Waals surface area contributed by atoms with Crippen molar-refractivity contribution in [1.29, 1.82) is 0 Å². The zero-order valence-electron chi connectivity index (χ0n) is 19.3. The molecule has 1 heterocycles. The van der Waals surface area contributed by atoms with Crippen molar-refractivity contribution in [2.24, 2.45) is 0 Å². The molecule has 3 aromatic rings. The number of halogens is 2. The van der Waals surface area contributed by atoms with Gasteiger partial charge in [-0.2, -0.15) is 0 Å². The highest BCUT2D eigenvalue weighted by atomic mass is 32.2. The summed E-state index contributed by atoms with van der Waals surface area (Å²) in [7, 11) is -3.98. The van der Waals surface area contributed by atoms with Crippen molar-refractivity contribution in [3.05, 3.63) is 77.9 Å². The number of aliphatic hydroxyl groups is 1. The van der Waals surface area contributed by atoms with Crippen molar-refractivity contribution in [2.75, 3.05) is 10.8 Å². The van der Waals surface area contributed by atoms with Gasteiger partial charge in [-0.25, -0.2) is 17.2 Å². The Hall–Kier alpha value is -2.97. The summed E-state index contributed by atoms with van der Waals surface area (Å²) in [6, 6.07) is 14.4. The Morgan fingerprint density at radius 1 is 1.09 bits per heavy atom. The van der Waals surface area contributed by atoms with Gasteiger partial charge < -0.3 is 9.84 Å².